The number of aromatic nitrogens is 3. The standard InChI is InChI=1S/C18H17ClN4O3/c1-25-4-5-26-14-7-15(18(20)24)17(12-6-13(19)10-22-9-12)16(8-14)23-3-2-21-11-23/h2-3,6-11H,4-5H2,1H3,(H2,20,24). The van der Waals surface area contributed by atoms with Gasteiger partial charge >= 0.3 is 0 Å². The van der Waals surface area contributed by atoms with Crippen molar-refractivity contribution in [3.8, 4) is 22.6 Å². The summed E-state index contributed by atoms with van der Waals surface area (Å²) in [5, 5.41) is 0.454. The fourth-order valence-corrected chi connectivity index (χ4v) is 2.75. The van der Waals surface area contributed by atoms with E-state index in [2.05, 4.69) is 9.97 Å². The van der Waals surface area contributed by atoms with Crippen LogP contribution in [-0.2, 0) is 4.74 Å². The first-order chi connectivity index (χ1) is 12.6. The maximum absolute atomic E-state index is 12.1. The summed E-state index contributed by atoms with van der Waals surface area (Å²) in [6.45, 7) is 0.766. The van der Waals surface area contributed by atoms with Gasteiger partial charge in [0.25, 0.3) is 0 Å². The highest BCUT2D eigenvalue weighted by atomic mass is 35.5. The molecule has 0 radical (unpaired) electrons. The third kappa shape index (κ3) is 3.84. The molecular formula is C18H17ClN4O3. The summed E-state index contributed by atoms with van der Waals surface area (Å²) in [5.74, 6) is -0.0863. The number of nitrogens with zero attached hydrogens (tertiary/aromatic N) is 3. The van der Waals surface area contributed by atoms with Gasteiger partial charge in [-0.15, -0.1) is 0 Å². The van der Waals surface area contributed by atoms with Crippen LogP contribution in [0.15, 0.2) is 49.3 Å². The Morgan fingerprint density at radius 1 is 1.23 bits per heavy atom. The predicted molar refractivity (Wildman–Crippen MR) is 97.7 cm³/mol. The molecule has 1 amide bonds. The number of ether oxygens (including phenoxy) is 2. The minimum absolute atomic E-state index is 0.299. The molecule has 0 aliphatic carbocycles. The summed E-state index contributed by atoms with van der Waals surface area (Å²) < 4.78 is 12.4. The Labute approximate surface area is 155 Å². The fraction of sp³-hybridized carbons (Fsp3) is 0.167. The summed E-state index contributed by atoms with van der Waals surface area (Å²) >= 11 is 6.08. The van der Waals surface area contributed by atoms with E-state index in [1.807, 2.05) is 0 Å². The number of methoxy groups -OCH3 is 1. The second-order valence-electron chi connectivity index (χ2n) is 5.43. The Balaban J connectivity index is 2.21. The number of nitrogens with two attached hydrogens (primary N) is 1. The summed E-state index contributed by atoms with van der Waals surface area (Å²) in [5.41, 5.74) is 7.88. The molecule has 0 fully saturated rings. The van der Waals surface area contributed by atoms with Crippen molar-refractivity contribution in [2.24, 2.45) is 5.73 Å². The van der Waals surface area contributed by atoms with E-state index < -0.39 is 5.91 Å². The number of amides is 1. The lowest BCUT2D eigenvalue weighted by molar-refractivity contribution is 0.1000. The number of imidazole rings is 1. The lowest BCUT2D eigenvalue weighted by Crippen LogP contribution is -2.15. The zero-order valence-electron chi connectivity index (χ0n) is 14.1. The number of primary amides is 1. The average Bonchev–Trinajstić information content (AvgIpc) is 3.15. The van der Waals surface area contributed by atoms with Gasteiger partial charge in [0.15, 0.2) is 0 Å². The van der Waals surface area contributed by atoms with Gasteiger partial charge in [0.05, 0.1) is 29.2 Å². The first kappa shape index (κ1) is 17.9. The third-order valence-corrected chi connectivity index (χ3v) is 3.90. The van der Waals surface area contributed by atoms with E-state index in [1.54, 1.807) is 54.8 Å². The van der Waals surface area contributed by atoms with Gasteiger partial charge in [-0.25, -0.2) is 4.98 Å². The highest BCUT2D eigenvalue weighted by molar-refractivity contribution is 6.30. The second kappa shape index (κ2) is 7.99. The van der Waals surface area contributed by atoms with Gasteiger partial charge in [-0.1, -0.05) is 11.6 Å². The van der Waals surface area contributed by atoms with Crippen LogP contribution < -0.4 is 10.5 Å². The first-order valence-corrected chi connectivity index (χ1v) is 8.17. The van der Waals surface area contributed by atoms with Crippen LogP contribution in [0, 0.1) is 0 Å². The Kier molecular flexibility index (Phi) is 5.50. The van der Waals surface area contributed by atoms with Crippen LogP contribution in [0.25, 0.3) is 16.8 Å². The average molecular weight is 373 g/mol. The van der Waals surface area contributed by atoms with Crippen molar-refractivity contribution in [3.05, 3.63) is 59.9 Å². The molecule has 2 N–H and O–H groups in total. The van der Waals surface area contributed by atoms with Gasteiger partial charge in [0.2, 0.25) is 5.91 Å². The molecule has 3 aromatic rings. The maximum atomic E-state index is 12.1. The molecule has 8 heteroatoms. The fourth-order valence-electron chi connectivity index (χ4n) is 2.58. The van der Waals surface area contributed by atoms with Crippen LogP contribution in [-0.4, -0.2) is 40.8 Å². The normalized spacial score (nSPS) is 10.7. The van der Waals surface area contributed by atoms with E-state index in [1.165, 1.54) is 6.20 Å². The second-order valence-corrected chi connectivity index (χ2v) is 5.87. The topological polar surface area (TPSA) is 92.3 Å². The summed E-state index contributed by atoms with van der Waals surface area (Å²) in [6.07, 6.45) is 8.18. The Morgan fingerprint density at radius 2 is 2.08 bits per heavy atom. The molecule has 134 valence electrons. The number of carbonyl (C=O) groups excluding carboxylic acids is 1. The number of hydrogen-bond donors (Lipinski definition) is 1. The molecule has 0 spiro atoms. The van der Waals surface area contributed by atoms with Gasteiger partial charge in [-0.2, -0.15) is 0 Å². The third-order valence-electron chi connectivity index (χ3n) is 3.69. The van der Waals surface area contributed by atoms with E-state index >= 15 is 0 Å². The van der Waals surface area contributed by atoms with Crippen LogP contribution in [0.4, 0.5) is 0 Å². The summed E-state index contributed by atoms with van der Waals surface area (Å²) in [7, 11) is 1.59. The Hall–Kier alpha value is -2.90. The molecule has 0 aliphatic heterocycles. The van der Waals surface area contributed by atoms with Crippen molar-refractivity contribution in [2.45, 2.75) is 0 Å². The molecule has 7 nitrogen and oxygen atoms in total. The zero-order valence-corrected chi connectivity index (χ0v) is 14.8. The van der Waals surface area contributed by atoms with Crippen LogP contribution in [0.5, 0.6) is 5.75 Å². The van der Waals surface area contributed by atoms with Gasteiger partial charge in [0.1, 0.15) is 12.4 Å². The minimum Gasteiger partial charge on any atom is -0.491 e. The van der Waals surface area contributed by atoms with Gasteiger partial charge < -0.3 is 19.8 Å². The van der Waals surface area contributed by atoms with E-state index in [4.69, 9.17) is 26.8 Å². The molecule has 2 aromatic heterocycles. The van der Waals surface area contributed by atoms with E-state index in [0.29, 0.717) is 46.4 Å². The molecule has 0 unspecified atom stereocenters. The van der Waals surface area contributed by atoms with Gasteiger partial charge in [-0.05, 0) is 12.1 Å². The van der Waals surface area contributed by atoms with Crippen molar-refractivity contribution >= 4 is 17.5 Å². The lowest BCUT2D eigenvalue weighted by atomic mass is 9.97. The molecule has 0 bridgehead atoms. The predicted octanol–water partition coefficient (Wildman–Crippen LogP) is 2.71. The molecule has 2 heterocycles. The minimum atomic E-state index is -0.585. The molecular weight excluding hydrogens is 356 g/mol. The number of benzene rings is 1. The van der Waals surface area contributed by atoms with E-state index in [-0.39, 0.29) is 0 Å². The van der Waals surface area contributed by atoms with Gasteiger partial charge in [0, 0.05) is 49.1 Å². The van der Waals surface area contributed by atoms with Crippen molar-refractivity contribution in [2.75, 3.05) is 20.3 Å². The highest BCUT2D eigenvalue weighted by Crippen LogP contribution is 2.35. The number of pyridine rings is 1. The molecule has 0 aliphatic rings. The van der Waals surface area contributed by atoms with Crippen molar-refractivity contribution in [1.82, 2.24) is 14.5 Å². The lowest BCUT2D eigenvalue weighted by Gasteiger charge is -2.17. The van der Waals surface area contributed by atoms with Gasteiger partial charge in [-0.3, -0.25) is 9.78 Å². The SMILES string of the molecule is COCCOc1cc(C(N)=O)c(-c2cncc(Cl)c2)c(-n2ccnc2)c1. The first-order valence-electron chi connectivity index (χ1n) is 7.79. The molecule has 0 saturated carbocycles. The number of hydrogen-bond acceptors (Lipinski definition) is 5. The largest absolute Gasteiger partial charge is 0.491 e. The number of halogens is 1. The molecule has 0 saturated heterocycles. The van der Waals surface area contributed by atoms with E-state index in [0.717, 1.165) is 0 Å². The van der Waals surface area contributed by atoms with Crippen LogP contribution in [0.1, 0.15) is 10.4 Å². The van der Waals surface area contributed by atoms with Crippen molar-refractivity contribution in [3.63, 3.8) is 0 Å². The smallest absolute Gasteiger partial charge is 0.249 e. The molecule has 26 heavy (non-hydrogen) atoms. The van der Waals surface area contributed by atoms with Crippen molar-refractivity contribution in [1.29, 1.82) is 0 Å². The summed E-state index contributed by atoms with van der Waals surface area (Å²) in [4.78, 5) is 20.3. The highest BCUT2D eigenvalue weighted by Gasteiger charge is 2.19. The van der Waals surface area contributed by atoms with E-state index in [9.17, 15) is 4.79 Å². The number of rotatable bonds is 7. The van der Waals surface area contributed by atoms with Crippen LogP contribution >= 0.6 is 11.6 Å². The number of carbonyl (C=O) groups is 1. The quantitative estimate of drug-likeness (QED) is 0.644. The molecule has 0 atom stereocenters. The van der Waals surface area contributed by atoms with Crippen molar-refractivity contribution < 1.29 is 14.3 Å². The Morgan fingerprint density at radius 3 is 2.73 bits per heavy atom. The molecule has 3 rings (SSSR count). The monoisotopic (exact) mass is 372 g/mol. The van der Waals surface area contributed by atoms with Crippen LogP contribution in [0.2, 0.25) is 5.02 Å². The maximum Gasteiger partial charge on any atom is 0.249 e. The Bertz CT molecular complexity index is 913. The zero-order chi connectivity index (χ0) is 18.5. The summed E-state index contributed by atoms with van der Waals surface area (Å²) in [6, 6.07) is 5.14. The molecule has 1 aromatic carbocycles. The van der Waals surface area contributed by atoms with Crippen LogP contribution in [0.3, 0.4) is 0 Å².